The molecule has 2 aromatic heterocycles. The highest BCUT2D eigenvalue weighted by Crippen LogP contribution is 2.23. The van der Waals surface area contributed by atoms with Crippen LogP contribution < -0.4 is 16.6 Å². The van der Waals surface area contributed by atoms with Gasteiger partial charge in [-0.1, -0.05) is 23.9 Å². The lowest BCUT2D eigenvalue weighted by Gasteiger charge is -2.13. The van der Waals surface area contributed by atoms with Gasteiger partial charge in [-0.15, -0.1) is 0 Å². The fourth-order valence-electron chi connectivity index (χ4n) is 2.63. The molecule has 0 aliphatic heterocycles. The van der Waals surface area contributed by atoms with E-state index in [4.69, 9.17) is 0 Å². The van der Waals surface area contributed by atoms with Gasteiger partial charge in [0.25, 0.3) is 5.56 Å². The van der Waals surface area contributed by atoms with E-state index in [-0.39, 0.29) is 28.6 Å². The normalized spacial score (nSPS) is 12.1. The first-order valence-electron chi connectivity index (χ1n) is 8.34. The number of amides is 1. The van der Waals surface area contributed by atoms with Crippen LogP contribution in [0.5, 0.6) is 0 Å². The number of carboxylic acid groups (broad SMARTS) is 1. The third-order valence-electron chi connectivity index (χ3n) is 3.92. The zero-order valence-corrected chi connectivity index (χ0v) is 15.9. The van der Waals surface area contributed by atoms with Gasteiger partial charge in [0, 0.05) is 12.7 Å². The summed E-state index contributed by atoms with van der Waals surface area (Å²) in [7, 11) is 0. The van der Waals surface area contributed by atoms with Crippen LogP contribution in [-0.4, -0.2) is 48.3 Å². The maximum atomic E-state index is 13.2. The molecule has 1 amide bonds. The molecule has 2 heterocycles. The van der Waals surface area contributed by atoms with Crippen molar-refractivity contribution in [2.24, 2.45) is 0 Å². The van der Waals surface area contributed by atoms with Crippen molar-refractivity contribution in [2.75, 3.05) is 5.75 Å². The van der Waals surface area contributed by atoms with Crippen LogP contribution >= 0.6 is 11.8 Å². The molecular formula is C17H16FN5O5S. The van der Waals surface area contributed by atoms with Crippen molar-refractivity contribution in [3.8, 4) is 0 Å². The van der Waals surface area contributed by atoms with E-state index in [1.165, 1.54) is 35.8 Å². The minimum absolute atomic E-state index is 0.0272. The van der Waals surface area contributed by atoms with E-state index in [0.29, 0.717) is 5.56 Å². The number of nitrogens with one attached hydrogen (secondary N) is 3. The number of carbonyl (C=O) groups excluding carboxylic acids is 1. The molecule has 0 fully saturated rings. The lowest BCUT2D eigenvalue weighted by Crippen LogP contribution is -2.41. The molecule has 1 aromatic carbocycles. The topological polar surface area (TPSA) is 150 Å². The molecule has 3 rings (SSSR count). The van der Waals surface area contributed by atoms with Crippen LogP contribution in [0.2, 0.25) is 0 Å². The fraction of sp³-hybridized carbons (Fsp3) is 0.235. The summed E-state index contributed by atoms with van der Waals surface area (Å²) in [6.07, 6.45) is 0. The van der Waals surface area contributed by atoms with E-state index in [2.05, 4.69) is 20.3 Å². The van der Waals surface area contributed by atoms with Crippen LogP contribution in [0, 0.1) is 5.82 Å². The first kappa shape index (κ1) is 20.3. The van der Waals surface area contributed by atoms with Gasteiger partial charge in [0.2, 0.25) is 5.91 Å². The van der Waals surface area contributed by atoms with E-state index in [9.17, 15) is 28.7 Å². The van der Waals surface area contributed by atoms with Crippen LogP contribution in [0.15, 0.2) is 39.0 Å². The Labute approximate surface area is 166 Å². The zero-order valence-electron chi connectivity index (χ0n) is 15.1. The van der Waals surface area contributed by atoms with E-state index < -0.39 is 35.0 Å². The quantitative estimate of drug-likeness (QED) is 0.400. The lowest BCUT2D eigenvalue weighted by atomic mass is 10.2. The largest absolute Gasteiger partial charge is 0.480 e. The van der Waals surface area contributed by atoms with E-state index in [1.54, 1.807) is 0 Å². The second-order valence-electron chi connectivity index (χ2n) is 6.11. The highest BCUT2D eigenvalue weighted by atomic mass is 32.2. The summed E-state index contributed by atoms with van der Waals surface area (Å²) in [6.45, 7) is 1.35. The Kier molecular flexibility index (Phi) is 5.82. The van der Waals surface area contributed by atoms with Crippen LogP contribution in [0.1, 0.15) is 12.5 Å². The molecule has 3 aromatic rings. The smallest absolute Gasteiger partial charge is 0.327 e. The number of hydrogen-bond acceptors (Lipinski definition) is 6. The summed E-state index contributed by atoms with van der Waals surface area (Å²) in [5.41, 5.74) is -0.621. The molecule has 0 saturated heterocycles. The van der Waals surface area contributed by atoms with Crippen LogP contribution in [0.4, 0.5) is 4.39 Å². The Morgan fingerprint density at radius 3 is 2.59 bits per heavy atom. The minimum atomic E-state index is -1.22. The van der Waals surface area contributed by atoms with Crippen LogP contribution in [0.3, 0.4) is 0 Å². The van der Waals surface area contributed by atoms with Gasteiger partial charge in [0.1, 0.15) is 17.5 Å². The third kappa shape index (κ3) is 4.71. The molecule has 29 heavy (non-hydrogen) atoms. The average Bonchev–Trinajstić information content (AvgIpc) is 2.98. The molecule has 12 heteroatoms. The summed E-state index contributed by atoms with van der Waals surface area (Å²) in [5, 5.41) is 11.8. The Balaban J connectivity index is 2.01. The van der Waals surface area contributed by atoms with Gasteiger partial charge in [-0.3, -0.25) is 19.6 Å². The Morgan fingerprint density at radius 2 is 1.97 bits per heavy atom. The van der Waals surface area contributed by atoms with E-state index in [1.807, 2.05) is 0 Å². The molecule has 1 atom stereocenters. The molecule has 152 valence electrons. The summed E-state index contributed by atoms with van der Waals surface area (Å²) in [4.78, 5) is 55.1. The summed E-state index contributed by atoms with van der Waals surface area (Å²) in [6, 6.07) is 4.45. The van der Waals surface area contributed by atoms with Gasteiger partial charge in [0.05, 0.1) is 6.54 Å². The number of fused-ring (bicyclic) bond motifs is 1. The standard InChI is InChI=1S/C17H16FN5O5S/c1-8(24)19-11(15(26)27)7-29-17-20-12-13(21-16(28)22-14(12)25)23(17)6-9-2-4-10(18)5-3-9/h2-5,11H,6-7H2,1H3,(H,19,24)(H,26,27)(H2,21,22,25,28). The van der Waals surface area contributed by atoms with Crippen molar-refractivity contribution in [2.45, 2.75) is 24.7 Å². The van der Waals surface area contributed by atoms with Gasteiger partial charge >= 0.3 is 11.7 Å². The highest BCUT2D eigenvalue weighted by Gasteiger charge is 2.22. The number of carbonyl (C=O) groups is 2. The molecule has 0 bridgehead atoms. The zero-order chi connectivity index (χ0) is 21.1. The van der Waals surface area contributed by atoms with E-state index >= 15 is 0 Å². The monoisotopic (exact) mass is 421 g/mol. The van der Waals surface area contributed by atoms with Crippen molar-refractivity contribution >= 4 is 34.8 Å². The van der Waals surface area contributed by atoms with Crippen LogP contribution in [0.25, 0.3) is 11.2 Å². The molecule has 1 unspecified atom stereocenters. The summed E-state index contributed by atoms with van der Waals surface area (Å²) < 4.78 is 14.7. The lowest BCUT2D eigenvalue weighted by molar-refractivity contribution is -0.140. The number of halogens is 1. The number of thioether (sulfide) groups is 1. The van der Waals surface area contributed by atoms with Crippen molar-refractivity contribution in [3.05, 3.63) is 56.5 Å². The molecule has 0 aliphatic carbocycles. The fourth-order valence-corrected chi connectivity index (χ4v) is 3.63. The van der Waals surface area contributed by atoms with Crippen molar-refractivity contribution in [1.29, 1.82) is 0 Å². The number of H-pyrrole nitrogens is 2. The summed E-state index contributed by atoms with van der Waals surface area (Å²) in [5.74, 6) is -2.20. The predicted octanol–water partition coefficient (Wildman–Crippen LogP) is 0.282. The summed E-state index contributed by atoms with van der Waals surface area (Å²) >= 11 is 0.996. The maximum Gasteiger partial charge on any atom is 0.327 e. The van der Waals surface area contributed by atoms with Gasteiger partial charge in [0.15, 0.2) is 10.7 Å². The first-order chi connectivity index (χ1) is 13.7. The minimum Gasteiger partial charge on any atom is -0.480 e. The Morgan fingerprint density at radius 1 is 1.28 bits per heavy atom. The number of rotatable bonds is 7. The van der Waals surface area contributed by atoms with Crippen LogP contribution in [-0.2, 0) is 16.1 Å². The molecule has 0 aliphatic rings. The molecule has 4 N–H and O–H groups in total. The Bertz CT molecular complexity index is 1180. The molecule has 0 radical (unpaired) electrons. The number of aliphatic carboxylic acids is 1. The molecular weight excluding hydrogens is 405 g/mol. The van der Waals surface area contributed by atoms with Gasteiger partial charge < -0.3 is 15.0 Å². The number of hydrogen-bond donors (Lipinski definition) is 4. The van der Waals surface area contributed by atoms with Gasteiger partial charge in [-0.05, 0) is 17.7 Å². The number of imidazole rings is 1. The van der Waals surface area contributed by atoms with E-state index in [0.717, 1.165) is 11.8 Å². The van der Waals surface area contributed by atoms with Crippen molar-refractivity contribution < 1.29 is 19.1 Å². The number of aromatic amines is 2. The van der Waals surface area contributed by atoms with Crippen molar-refractivity contribution in [1.82, 2.24) is 24.8 Å². The van der Waals surface area contributed by atoms with Crippen molar-refractivity contribution in [3.63, 3.8) is 0 Å². The number of benzene rings is 1. The maximum absolute atomic E-state index is 13.2. The van der Waals surface area contributed by atoms with Gasteiger partial charge in [-0.25, -0.2) is 19.0 Å². The SMILES string of the molecule is CC(=O)NC(CSc1nc2c(=O)[nH]c(=O)[nH]c2n1Cc1ccc(F)cc1)C(=O)O. The molecule has 0 saturated carbocycles. The number of aromatic nitrogens is 4. The second-order valence-corrected chi connectivity index (χ2v) is 7.10. The average molecular weight is 421 g/mol. The van der Waals surface area contributed by atoms with Gasteiger partial charge in [-0.2, -0.15) is 0 Å². The highest BCUT2D eigenvalue weighted by molar-refractivity contribution is 7.99. The second kappa shape index (κ2) is 8.31. The predicted molar refractivity (Wildman–Crippen MR) is 102 cm³/mol. The number of carboxylic acids is 1. The Hall–Kier alpha value is -3.41. The molecule has 10 nitrogen and oxygen atoms in total. The third-order valence-corrected chi connectivity index (χ3v) is 4.99. The molecule has 0 spiro atoms. The first-order valence-corrected chi connectivity index (χ1v) is 9.33. The number of nitrogens with zero attached hydrogens (tertiary/aromatic N) is 2.